The van der Waals surface area contributed by atoms with E-state index in [1.807, 2.05) is 12.1 Å². The Morgan fingerprint density at radius 2 is 2.00 bits per heavy atom. The molecule has 0 bridgehead atoms. The lowest BCUT2D eigenvalue weighted by Gasteiger charge is -2.27. The molecule has 2 nitrogen and oxygen atoms in total. The Bertz CT molecular complexity index is 480. The van der Waals surface area contributed by atoms with Gasteiger partial charge in [0.2, 0.25) is 5.91 Å². The molecule has 1 aromatic rings. The van der Waals surface area contributed by atoms with Crippen LogP contribution >= 0.6 is 0 Å². The van der Waals surface area contributed by atoms with Crippen LogP contribution in [-0.2, 0) is 11.2 Å². The Hall–Kier alpha value is -1.38. The molecule has 2 aliphatic rings. The van der Waals surface area contributed by atoms with E-state index >= 15 is 0 Å². The predicted molar refractivity (Wildman–Crippen MR) is 76.7 cm³/mol. The molecule has 3 rings (SSSR count). The number of carbonyl (C=O) groups excluding carboxylic acids is 1. The fourth-order valence-electron chi connectivity index (χ4n) is 3.29. The first-order chi connectivity index (χ1) is 9.65. The van der Waals surface area contributed by atoms with E-state index in [2.05, 4.69) is 11.8 Å². The molecule has 1 saturated heterocycles. The Morgan fingerprint density at radius 1 is 1.30 bits per heavy atom. The van der Waals surface area contributed by atoms with Crippen molar-refractivity contribution in [2.45, 2.75) is 45.1 Å². The van der Waals surface area contributed by atoms with E-state index in [-0.39, 0.29) is 11.7 Å². The summed E-state index contributed by atoms with van der Waals surface area (Å²) < 4.78 is 12.9. The summed E-state index contributed by atoms with van der Waals surface area (Å²) in [6.45, 7) is 2.97. The molecule has 0 aromatic heterocycles. The number of hydrogen-bond acceptors (Lipinski definition) is 1. The molecule has 108 valence electrons. The smallest absolute Gasteiger partial charge is 0.225 e. The third-order valence-corrected chi connectivity index (χ3v) is 4.76. The van der Waals surface area contributed by atoms with Crippen molar-refractivity contribution in [1.29, 1.82) is 0 Å². The number of amides is 1. The van der Waals surface area contributed by atoms with Crippen molar-refractivity contribution >= 4 is 5.91 Å². The van der Waals surface area contributed by atoms with Gasteiger partial charge in [-0.05, 0) is 55.7 Å². The number of halogens is 1. The van der Waals surface area contributed by atoms with E-state index in [0.29, 0.717) is 17.9 Å². The van der Waals surface area contributed by atoms with Gasteiger partial charge in [-0.1, -0.05) is 19.1 Å². The minimum atomic E-state index is -0.199. The van der Waals surface area contributed by atoms with Crippen LogP contribution < -0.4 is 0 Å². The summed E-state index contributed by atoms with van der Waals surface area (Å²) >= 11 is 0. The molecule has 1 aliphatic carbocycles. The summed E-state index contributed by atoms with van der Waals surface area (Å²) in [6.07, 6.45) is 5.44. The van der Waals surface area contributed by atoms with Gasteiger partial charge in [0.15, 0.2) is 0 Å². The number of carbonyl (C=O) groups is 1. The third-order valence-electron chi connectivity index (χ3n) is 4.76. The van der Waals surface area contributed by atoms with Crippen molar-refractivity contribution in [2.24, 2.45) is 11.8 Å². The molecule has 1 heterocycles. The van der Waals surface area contributed by atoms with Crippen LogP contribution in [0, 0.1) is 17.7 Å². The monoisotopic (exact) mass is 275 g/mol. The maximum atomic E-state index is 12.9. The topological polar surface area (TPSA) is 20.3 Å². The number of likely N-dealkylation sites (tertiary alicyclic amines) is 1. The maximum Gasteiger partial charge on any atom is 0.225 e. The molecule has 2 atom stereocenters. The van der Waals surface area contributed by atoms with Crippen LogP contribution in [0.1, 0.15) is 38.2 Å². The van der Waals surface area contributed by atoms with E-state index in [1.54, 1.807) is 0 Å². The van der Waals surface area contributed by atoms with Crippen LogP contribution in [0.15, 0.2) is 24.3 Å². The fourth-order valence-corrected chi connectivity index (χ4v) is 3.29. The zero-order valence-electron chi connectivity index (χ0n) is 12.0. The van der Waals surface area contributed by atoms with Gasteiger partial charge in [0.1, 0.15) is 5.82 Å². The molecule has 1 amide bonds. The highest BCUT2D eigenvalue weighted by atomic mass is 19.1. The van der Waals surface area contributed by atoms with Gasteiger partial charge >= 0.3 is 0 Å². The maximum absolute atomic E-state index is 12.9. The molecule has 3 heteroatoms. The molecule has 1 aromatic carbocycles. The van der Waals surface area contributed by atoms with Crippen molar-refractivity contribution in [2.75, 3.05) is 6.54 Å². The molecular weight excluding hydrogens is 253 g/mol. The van der Waals surface area contributed by atoms with E-state index in [4.69, 9.17) is 0 Å². The van der Waals surface area contributed by atoms with E-state index in [0.717, 1.165) is 31.4 Å². The molecule has 2 unspecified atom stereocenters. The van der Waals surface area contributed by atoms with Gasteiger partial charge in [0.25, 0.3) is 0 Å². The van der Waals surface area contributed by atoms with Gasteiger partial charge < -0.3 is 4.90 Å². The van der Waals surface area contributed by atoms with Crippen molar-refractivity contribution in [3.8, 4) is 0 Å². The first-order valence-corrected chi connectivity index (χ1v) is 7.70. The van der Waals surface area contributed by atoms with Crippen molar-refractivity contribution in [3.05, 3.63) is 35.6 Å². The molecule has 20 heavy (non-hydrogen) atoms. The Morgan fingerprint density at radius 3 is 2.65 bits per heavy atom. The lowest BCUT2D eigenvalue weighted by molar-refractivity contribution is -0.136. The second-order valence-electron chi connectivity index (χ2n) is 6.28. The van der Waals surface area contributed by atoms with Gasteiger partial charge in [0, 0.05) is 18.5 Å². The fraction of sp³-hybridized carbons (Fsp3) is 0.588. The summed E-state index contributed by atoms with van der Waals surface area (Å²) in [4.78, 5) is 14.6. The van der Waals surface area contributed by atoms with Crippen molar-refractivity contribution in [3.63, 3.8) is 0 Å². The average Bonchev–Trinajstić information content (AvgIpc) is 3.20. The van der Waals surface area contributed by atoms with E-state index in [9.17, 15) is 9.18 Å². The second kappa shape index (κ2) is 5.55. The van der Waals surface area contributed by atoms with Gasteiger partial charge in [-0.2, -0.15) is 0 Å². The summed E-state index contributed by atoms with van der Waals surface area (Å²) in [6, 6.07) is 6.97. The van der Waals surface area contributed by atoms with Crippen LogP contribution in [0.5, 0.6) is 0 Å². The highest BCUT2D eigenvalue weighted by Crippen LogP contribution is 2.38. The highest BCUT2D eigenvalue weighted by molar-refractivity contribution is 5.79. The van der Waals surface area contributed by atoms with Gasteiger partial charge in [-0.3, -0.25) is 4.79 Å². The first-order valence-electron chi connectivity index (χ1n) is 7.70. The normalized spacial score (nSPS) is 23.9. The summed E-state index contributed by atoms with van der Waals surface area (Å²) in [5.41, 5.74) is 1.12. The first kappa shape index (κ1) is 13.6. The lowest BCUT2D eigenvalue weighted by Crippen LogP contribution is -2.40. The van der Waals surface area contributed by atoms with Crippen LogP contribution in [0.2, 0.25) is 0 Å². The lowest BCUT2D eigenvalue weighted by atomic mass is 10.0. The Labute approximate surface area is 120 Å². The molecule has 1 saturated carbocycles. The second-order valence-corrected chi connectivity index (χ2v) is 6.28. The standard InChI is InChI=1S/C17H22FNO/c1-12(14-6-7-14)17(20)19-10-2-3-16(19)11-13-4-8-15(18)9-5-13/h4-5,8-9,12,14,16H,2-3,6-7,10-11H2,1H3. The molecule has 0 spiro atoms. The number of benzene rings is 1. The summed E-state index contributed by atoms with van der Waals surface area (Å²) in [5.74, 6) is 0.936. The Balaban J connectivity index is 1.65. The molecule has 2 fully saturated rings. The van der Waals surface area contributed by atoms with Gasteiger partial charge in [0.05, 0.1) is 0 Å². The van der Waals surface area contributed by atoms with E-state index in [1.165, 1.54) is 25.0 Å². The molecule has 1 aliphatic heterocycles. The number of hydrogen-bond donors (Lipinski definition) is 0. The molecular formula is C17H22FNO. The van der Waals surface area contributed by atoms with Crippen molar-refractivity contribution < 1.29 is 9.18 Å². The minimum absolute atomic E-state index is 0.184. The van der Waals surface area contributed by atoms with Crippen LogP contribution in [0.4, 0.5) is 4.39 Å². The summed E-state index contributed by atoms with van der Waals surface area (Å²) in [7, 11) is 0. The van der Waals surface area contributed by atoms with Crippen LogP contribution in [0.3, 0.4) is 0 Å². The Kier molecular flexibility index (Phi) is 3.77. The molecule has 0 radical (unpaired) electrons. The van der Waals surface area contributed by atoms with Crippen molar-refractivity contribution in [1.82, 2.24) is 4.90 Å². The van der Waals surface area contributed by atoms with Crippen LogP contribution in [0.25, 0.3) is 0 Å². The van der Waals surface area contributed by atoms with E-state index < -0.39 is 0 Å². The van der Waals surface area contributed by atoms with Gasteiger partial charge in [-0.25, -0.2) is 4.39 Å². The summed E-state index contributed by atoms with van der Waals surface area (Å²) in [5, 5.41) is 0. The molecule has 0 N–H and O–H groups in total. The van der Waals surface area contributed by atoms with Crippen LogP contribution in [-0.4, -0.2) is 23.4 Å². The number of rotatable bonds is 4. The zero-order chi connectivity index (χ0) is 14.1. The zero-order valence-corrected chi connectivity index (χ0v) is 12.0. The average molecular weight is 275 g/mol. The SMILES string of the molecule is CC(C(=O)N1CCCC1Cc1ccc(F)cc1)C1CC1. The third kappa shape index (κ3) is 2.87. The van der Waals surface area contributed by atoms with Gasteiger partial charge in [-0.15, -0.1) is 0 Å². The largest absolute Gasteiger partial charge is 0.339 e. The number of nitrogens with zero attached hydrogens (tertiary/aromatic N) is 1. The highest BCUT2D eigenvalue weighted by Gasteiger charge is 2.38. The minimum Gasteiger partial charge on any atom is -0.339 e. The quantitative estimate of drug-likeness (QED) is 0.824. The predicted octanol–water partition coefficient (Wildman–Crippen LogP) is 3.41.